The number of hydrogen-bond donors (Lipinski definition) is 1. The molecule has 1 heterocycles. The van der Waals surface area contributed by atoms with Crippen molar-refractivity contribution < 1.29 is 24.3 Å². The lowest BCUT2D eigenvalue weighted by Crippen LogP contribution is -2.48. The quantitative estimate of drug-likeness (QED) is 0.437. The number of carboxylic acid groups (broad SMARTS) is 1. The van der Waals surface area contributed by atoms with E-state index in [-0.39, 0.29) is 12.8 Å². The van der Waals surface area contributed by atoms with Crippen LogP contribution in [0.2, 0.25) is 0 Å². The van der Waals surface area contributed by atoms with Crippen LogP contribution in [0.25, 0.3) is 0 Å². The van der Waals surface area contributed by atoms with Crippen molar-refractivity contribution in [1.29, 1.82) is 0 Å². The average Bonchev–Trinajstić information content (AvgIpc) is 2.34. The lowest BCUT2D eigenvalue weighted by atomic mass is 10.1. The maximum atomic E-state index is 11.6. The Morgan fingerprint density at radius 2 is 2.00 bits per heavy atom. The molecule has 0 aromatic rings. The van der Waals surface area contributed by atoms with Gasteiger partial charge in [0.1, 0.15) is 0 Å². The number of carboxylic acids is 1. The lowest BCUT2D eigenvalue weighted by molar-refractivity contribution is -0.221. The molecule has 0 radical (unpaired) electrons. The maximum Gasteiger partial charge on any atom is 0.349 e. The van der Waals surface area contributed by atoms with Gasteiger partial charge >= 0.3 is 5.97 Å². The van der Waals surface area contributed by atoms with Crippen molar-refractivity contribution in [3.8, 4) is 0 Å². The topological polar surface area (TPSA) is 83.9 Å². The van der Waals surface area contributed by atoms with E-state index < -0.39 is 22.7 Å². The first-order valence-corrected chi connectivity index (χ1v) is 7.31. The van der Waals surface area contributed by atoms with E-state index >= 15 is 0 Å². The fraction of sp³-hybridized carbons (Fsp3) is 0.750. The van der Waals surface area contributed by atoms with Crippen molar-refractivity contribution in [2.75, 3.05) is 5.75 Å². The Balaban J connectivity index is 2.73. The second kappa shape index (κ2) is 6.91. The fourth-order valence-corrected chi connectivity index (χ4v) is 2.62. The molecule has 1 fully saturated rings. The molecule has 7 heteroatoms. The molecule has 1 aliphatic rings. The Kier molecular flexibility index (Phi) is 5.81. The average molecular weight is 289 g/mol. The Hall–Kier alpha value is -1.08. The zero-order valence-corrected chi connectivity index (χ0v) is 12.0. The summed E-state index contributed by atoms with van der Waals surface area (Å²) in [4.78, 5) is 38.1. The lowest BCUT2D eigenvalue weighted by Gasteiger charge is -2.32. The van der Waals surface area contributed by atoms with Crippen molar-refractivity contribution >= 4 is 29.5 Å². The number of thioether (sulfide) groups is 1. The fourth-order valence-electron chi connectivity index (χ4n) is 1.55. The molecule has 1 aliphatic heterocycles. The molecule has 1 N–H and O–H groups in total. The highest BCUT2D eigenvalue weighted by molar-refractivity contribution is 8.01. The van der Waals surface area contributed by atoms with E-state index in [2.05, 4.69) is 0 Å². The third kappa shape index (κ3) is 4.21. The van der Waals surface area contributed by atoms with E-state index in [0.717, 1.165) is 24.6 Å². The molecule has 19 heavy (non-hydrogen) atoms. The van der Waals surface area contributed by atoms with Gasteiger partial charge in [0, 0.05) is 12.8 Å². The van der Waals surface area contributed by atoms with Crippen molar-refractivity contribution in [3.05, 3.63) is 0 Å². The molecule has 0 aliphatic carbocycles. The minimum absolute atomic E-state index is 0.209. The molecule has 2 amide bonds. The zero-order chi connectivity index (χ0) is 14.5. The van der Waals surface area contributed by atoms with Crippen LogP contribution in [0.1, 0.15) is 46.0 Å². The van der Waals surface area contributed by atoms with Crippen molar-refractivity contribution in [2.24, 2.45) is 0 Å². The summed E-state index contributed by atoms with van der Waals surface area (Å²) in [6.07, 6.45) is 2.69. The van der Waals surface area contributed by atoms with Gasteiger partial charge in [-0.05, 0) is 25.5 Å². The van der Waals surface area contributed by atoms with Gasteiger partial charge in [0.15, 0.2) is 0 Å². The van der Waals surface area contributed by atoms with Crippen LogP contribution in [0.4, 0.5) is 0 Å². The number of carbonyl (C=O) groups excluding carboxylic acids is 2. The van der Waals surface area contributed by atoms with Crippen LogP contribution < -0.4 is 0 Å². The van der Waals surface area contributed by atoms with Gasteiger partial charge < -0.3 is 5.11 Å². The number of rotatable bonds is 7. The van der Waals surface area contributed by atoms with Crippen LogP contribution in [0, 0.1) is 0 Å². The molecule has 1 atom stereocenters. The van der Waals surface area contributed by atoms with Crippen molar-refractivity contribution in [2.45, 2.75) is 50.9 Å². The number of amides is 2. The van der Waals surface area contributed by atoms with E-state index in [4.69, 9.17) is 4.84 Å². The van der Waals surface area contributed by atoms with E-state index in [1.54, 1.807) is 0 Å². The molecule has 108 valence electrons. The van der Waals surface area contributed by atoms with Crippen LogP contribution in [-0.2, 0) is 19.2 Å². The summed E-state index contributed by atoms with van der Waals surface area (Å²) in [6.45, 7) is 3.36. The SMILES string of the molecule is CCCCSC(C)(ON1C(=O)CCCC1=O)C(=O)O. The highest BCUT2D eigenvalue weighted by Crippen LogP contribution is 2.30. The highest BCUT2D eigenvalue weighted by atomic mass is 32.2. The first kappa shape index (κ1) is 16.0. The second-order valence-electron chi connectivity index (χ2n) is 4.48. The molecule has 0 aromatic carbocycles. The molecule has 0 aromatic heterocycles. The summed E-state index contributed by atoms with van der Waals surface area (Å²) in [7, 11) is 0. The summed E-state index contributed by atoms with van der Waals surface area (Å²) in [5, 5.41) is 9.86. The van der Waals surface area contributed by atoms with E-state index in [9.17, 15) is 19.5 Å². The smallest absolute Gasteiger partial charge is 0.349 e. The molecule has 0 bridgehead atoms. The minimum atomic E-state index is -1.61. The van der Waals surface area contributed by atoms with Crippen molar-refractivity contribution in [1.82, 2.24) is 5.06 Å². The van der Waals surface area contributed by atoms with Crippen LogP contribution >= 0.6 is 11.8 Å². The van der Waals surface area contributed by atoms with E-state index in [1.807, 2.05) is 6.92 Å². The number of nitrogens with zero attached hydrogens (tertiary/aromatic N) is 1. The third-order valence-electron chi connectivity index (χ3n) is 2.76. The molecular weight excluding hydrogens is 270 g/mol. The summed E-state index contributed by atoms with van der Waals surface area (Å²) in [5.74, 6) is -1.55. The monoisotopic (exact) mass is 289 g/mol. The summed E-state index contributed by atoms with van der Waals surface area (Å²) in [6, 6.07) is 0. The first-order chi connectivity index (χ1) is 8.90. The zero-order valence-electron chi connectivity index (χ0n) is 11.2. The Labute approximate surface area is 116 Å². The Morgan fingerprint density at radius 3 is 2.47 bits per heavy atom. The second-order valence-corrected chi connectivity index (χ2v) is 5.96. The molecule has 6 nitrogen and oxygen atoms in total. The van der Waals surface area contributed by atoms with Gasteiger partial charge in [-0.2, -0.15) is 5.06 Å². The van der Waals surface area contributed by atoms with Gasteiger partial charge in [0.05, 0.1) is 0 Å². The minimum Gasteiger partial charge on any atom is -0.478 e. The molecule has 1 rings (SSSR count). The summed E-state index contributed by atoms with van der Waals surface area (Å²) in [5.41, 5.74) is 0. The third-order valence-corrected chi connectivity index (χ3v) is 4.06. The number of imide groups is 1. The van der Waals surface area contributed by atoms with Gasteiger partial charge in [0.25, 0.3) is 11.8 Å². The van der Waals surface area contributed by atoms with E-state index in [1.165, 1.54) is 6.92 Å². The number of hydrogen-bond acceptors (Lipinski definition) is 5. The number of unbranched alkanes of at least 4 members (excludes halogenated alkanes) is 1. The molecule has 1 saturated heterocycles. The largest absolute Gasteiger partial charge is 0.478 e. The number of piperidine rings is 1. The van der Waals surface area contributed by atoms with Crippen LogP contribution in [0.5, 0.6) is 0 Å². The highest BCUT2D eigenvalue weighted by Gasteiger charge is 2.41. The Morgan fingerprint density at radius 1 is 1.42 bits per heavy atom. The van der Waals surface area contributed by atoms with Crippen LogP contribution in [0.15, 0.2) is 0 Å². The number of carbonyl (C=O) groups is 3. The van der Waals surface area contributed by atoms with Gasteiger partial charge in [-0.15, -0.1) is 11.8 Å². The van der Waals surface area contributed by atoms with Crippen molar-refractivity contribution in [3.63, 3.8) is 0 Å². The Bertz CT molecular complexity index is 357. The van der Waals surface area contributed by atoms with Gasteiger partial charge in [-0.25, -0.2) is 9.63 Å². The molecule has 0 spiro atoms. The van der Waals surface area contributed by atoms with E-state index in [0.29, 0.717) is 17.2 Å². The molecule has 0 saturated carbocycles. The van der Waals surface area contributed by atoms with Gasteiger partial charge in [-0.1, -0.05) is 13.3 Å². The molecular formula is C12H19NO5S. The number of aliphatic carboxylic acids is 1. The predicted molar refractivity (Wildman–Crippen MR) is 70.2 cm³/mol. The van der Waals surface area contributed by atoms with Gasteiger partial charge in [-0.3, -0.25) is 9.59 Å². The first-order valence-electron chi connectivity index (χ1n) is 6.33. The standard InChI is InChI=1S/C12H19NO5S/c1-3-4-8-19-12(2,11(16)17)18-13-9(14)6-5-7-10(13)15/h3-8H2,1-2H3,(H,16,17). The molecule has 1 unspecified atom stereocenters. The maximum absolute atomic E-state index is 11.6. The normalized spacial score (nSPS) is 19.4. The summed E-state index contributed by atoms with van der Waals surface area (Å²) >= 11 is 1.09. The number of hydroxylamine groups is 2. The van der Waals surface area contributed by atoms with Gasteiger partial charge in [0.2, 0.25) is 4.93 Å². The summed E-state index contributed by atoms with van der Waals surface area (Å²) < 4.78 is 0. The van der Waals surface area contributed by atoms with Crippen LogP contribution in [0.3, 0.4) is 0 Å². The van der Waals surface area contributed by atoms with Crippen LogP contribution in [-0.4, -0.2) is 38.6 Å². The predicted octanol–water partition coefficient (Wildman–Crippen LogP) is 1.79.